The van der Waals surface area contributed by atoms with Crippen molar-refractivity contribution >= 4 is 0 Å². The topological polar surface area (TPSA) is 33.1 Å². The monoisotopic (exact) mass is 250 g/mol. The highest BCUT2D eigenvalue weighted by Gasteiger charge is 2.26. The van der Waals surface area contributed by atoms with Crippen LogP contribution in [0.4, 0.5) is 0 Å². The molecule has 18 heavy (non-hydrogen) atoms. The molecule has 0 saturated carbocycles. The molecule has 2 heterocycles. The van der Waals surface area contributed by atoms with E-state index in [4.69, 9.17) is 0 Å². The summed E-state index contributed by atoms with van der Waals surface area (Å²) in [5.41, 5.74) is 1.25. The van der Waals surface area contributed by atoms with Gasteiger partial charge in [0.15, 0.2) is 0 Å². The molecule has 1 aliphatic heterocycles. The minimum atomic E-state index is 0.504. The highest BCUT2D eigenvalue weighted by atomic mass is 15.6. The third-order valence-electron chi connectivity index (χ3n) is 3.78. The molecule has 0 radical (unpaired) electrons. The molecule has 4 heteroatoms. The molecule has 1 fully saturated rings. The van der Waals surface area contributed by atoms with Gasteiger partial charge >= 0.3 is 0 Å². The van der Waals surface area contributed by atoms with Crippen LogP contribution < -0.4 is 10.3 Å². The maximum atomic E-state index is 4.33. The summed E-state index contributed by atoms with van der Waals surface area (Å²) in [6.45, 7) is 9.86. The number of nitrogens with zero attached hydrogens (tertiary/aromatic N) is 3. The maximum Gasteiger partial charge on any atom is 0.114 e. The van der Waals surface area contributed by atoms with Crippen LogP contribution in [-0.4, -0.2) is 27.8 Å². The van der Waals surface area contributed by atoms with Crippen molar-refractivity contribution in [3.63, 3.8) is 0 Å². The molecule has 2 unspecified atom stereocenters. The summed E-state index contributed by atoms with van der Waals surface area (Å²) in [5, 5.41) is 5.95. The minimum Gasteiger partial charge on any atom is -0.309 e. The molecule has 102 valence electrons. The van der Waals surface area contributed by atoms with E-state index in [-0.39, 0.29) is 0 Å². The number of hydrogen-bond donors (Lipinski definition) is 1. The van der Waals surface area contributed by atoms with Gasteiger partial charge in [0.25, 0.3) is 0 Å². The van der Waals surface area contributed by atoms with Gasteiger partial charge in [0.1, 0.15) is 6.33 Å². The summed E-state index contributed by atoms with van der Waals surface area (Å²) >= 11 is 0. The van der Waals surface area contributed by atoms with Gasteiger partial charge in [0.05, 0.1) is 11.9 Å². The van der Waals surface area contributed by atoms with Gasteiger partial charge in [-0.2, -0.15) is 0 Å². The van der Waals surface area contributed by atoms with Gasteiger partial charge in [-0.1, -0.05) is 13.8 Å². The predicted molar refractivity (Wildman–Crippen MR) is 75.2 cm³/mol. The third-order valence-corrected chi connectivity index (χ3v) is 3.78. The Kier molecular flexibility index (Phi) is 4.27. The van der Waals surface area contributed by atoms with E-state index >= 15 is 0 Å². The lowest BCUT2D eigenvalue weighted by Gasteiger charge is -2.41. The Morgan fingerprint density at radius 3 is 2.61 bits per heavy atom. The van der Waals surface area contributed by atoms with E-state index < -0.39 is 0 Å². The first-order valence-corrected chi connectivity index (χ1v) is 7.12. The Bertz CT molecular complexity index is 362. The largest absolute Gasteiger partial charge is 0.309 e. The fraction of sp³-hybridized carbons (Fsp3) is 0.786. The lowest BCUT2D eigenvalue weighted by atomic mass is 10.00. The molecule has 1 aromatic rings. The average Bonchev–Trinajstić information content (AvgIpc) is 2.74. The Morgan fingerprint density at radius 1 is 1.33 bits per heavy atom. The van der Waals surface area contributed by atoms with Gasteiger partial charge in [-0.05, 0) is 33.1 Å². The normalized spacial score (nSPS) is 24.8. The second kappa shape index (κ2) is 5.74. The summed E-state index contributed by atoms with van der Waals surface area (Å²) < 4.78 is 2.25. The van der Waals surface area contributed by atoms with Crippen molar-refractivity contribution in [1.29, 1.82) is 0 Å². The van der Waals surface area contributed by atoms with E-state index in [1.165, 1.54) is 25.0 Å². The van der Waals surface area contributed by atoms with E-state index in [0.29, 0.717) is 18.1 Å². The zero-order valence-corrected chi connectivity index (χ0v) is 12.1. The van der Waals surface area contributed by atoms with Crippen molar-refractivity contribution in [2.24, 2.45) is 0 Å². The fourth-order valence-corrected chi connectivity index (χ4v) is 2.79. The average molecular weight is 250 g/mol. The van der Waals surface area contributed by atoms with Crippen molar-refractivity contribution in [2.75, 3.05) is 5.01 Å². The van der Waals surface area contributed by atoms with Crippen LogP contribution in [0.15, 0.2) is 12.5 Å². The van der Waals surface area contributed by atoms with Gasteiger partial charge in [-0.3, -0.25) is 0 Å². The van der Waals surface area contributed by atoms with Crippen LogP contribution in [0.2, 0.25) is 0 Å². The fourth-order valence-electron chi connectivity index (χ4n) is 2.79. The lowest BCUT2D eigenvalue weighted by Crippen LogP contribution is -2.51. The Morgan fingerprint density at radius 2 is 2.00 bits per heavy atom. The van der Waals surface area contributed by atoms with E-state index in [1.54, 1.807) is 0 Å². The van der Waals surface area contributed by atoms with Gasteiger partial charge < -0.3 is 10.3 Å². The molecule has 0 amide bonds. The number of nitrogens with one attached hydrogen (secondary N) is 1. The molecule has 1 N–H and O–H groups in total. The van der Waals surface area contributed by atoms with Crippen molar-refractivity contribution < 1.29 is 0 Å². The second-order valence-corrected chi connectivity index (χ2v) is 5.77. The molecule has 0 spiro atoms. The summed E-state index contributed by atoms with van der Waals surface area (Å²) in [6, 6.07) is 1.70. The maximum absolute atomic E-state index is 4.33. The standard InChI is InChI=1S/C14H26N4/c1-11(2)16-9-14-8-15-10-17(14)18-12(3)6-5-7-13(18)4/h8,10-13,16H,5-7,9H2,1-4H3. The van der Waals surface area contributed by atoms with E-state index in [2.05, 4.69) is 47.7 Å². The third kappa shape index (κ3) is 2.86. The van der Waals surface area contributed by atoms with Crippen molar-refractivity contribution in [3.8, 4) is 0 Å². The van der Waals surface area contributed by atoms with E-state index in [9.17, 15) is 0 Å². The Balaban J connectivity index is 2.14. The second-order valence-electron chi connectivity index (χ2n) is 5.77. The van der Waals surface area contributed by atoms with Crippen LogP contribution >= 0.6 is 0 Å². The molecular formula is C14H26N4. The molecule has 0 aliphatic carbocycles. The van der Waals surface area contributed by atoms with Crippen LogP contribution in [0.1, 0.15) is 52.7 Å². The van der Waals surface area contributed by atoms with E-state index in [1.807, 2.05) is 12.5 Å². The zero-order chi connectivity index (χ0) is 13.1. The van der Waals surface area contributed by atoms with Crippen molar-refractivity contribution in [1.82, 2.24) is 15.0 Å². The number of imidazole rings is 1. The summed E-state index contributed by atoms with van der Waals surface area (Å²) in [5.74, 6) is 0. The molecule has 0 bridgehead atoms. The first-order chi connectivity index (χ1) is 8.59. The van der Waals surface area contributed by atoms with Crippen molar-refractivity contribution in [3.05, 3.63) is 18.2 Å². The number of hydrogen-bond acceptors (Lipinski definition) is 3. The van der Waals surface area contributed by atoms with Crippen LogP contribution in [0, 0.1) is 0 Å². The molecule has 1 aliphatic rings. The van der Waals surface area contributed by atoms with Crippen molar-refractivity contribution in [2.45, 2.75) is 71.6 Å². The first-order valence-electron chi connectivity index (χ1n) is 7.12. The van der Waals surface area contributed by atoms with Crippen LogP contribution in [0.5, 0.6) is 0 Å². The minimum absolute atomic E-state index is 0.504. The molecular weight excluding hydrogens is 224 g/mol. The first kappa shape index (κ1) is 13.4. The van der Waals surface area contributed by atoms with Crippen LogP contribution in [0.3, 0.4) is 0 Å². The molecule has 2 atom stereocenters. The highest BCUT2D eigenvalue weighted by molar-refractivity contribution is 5.09. The number of piperidine rings is 1. The number of rotatable bonds is 4. The van der Waals surface area contributed by atoms with Gasteiger partial charge in [0, 0.05) is 24.7 Å². The smallest absolute Gasteiger partial charge is 0.114 e. The molecule has 2 rings (SSSR count). The summed E-state index contributed by atoms with van der Waals surface area (Å²) in [6.07, 6.45) is 7.82. The van der Waals surface area contributed by atoms with Crippen LogP contribution in [-0.2, 0) is 6.54 Å². The SMILES string of the molecule is CC(C)NCc1cncn1N1C(C)CCCC1C. The number of aromatic nitrogens is 2. The zero-order valence-electron chi connectivity index (χ0n) is 12.1. The van der Waals surface area contributed by atoms with Gasteiger partial charge in [0.2, 0.25) is 0 Å². The van der Waals surface area contributed by atoms with Crippen LogP contribution in [0.25, 0.3) is 0 Å². The van der Waals surface area contributed by atoms with Gasteiger partial charge in [-0.15, -0.1) is 0 Å². The molecule has 1 aromatic heterocycles. The summed E-state index contributed by atoms with van der Waals surface area (Å²) in [4.78, 5) is 4.33. The summed E-state index contributed by atoms with van der Waals surface area (Å²) in [7, 11) is 0. The molecule has 1 saturated heterocycles. The Hall–Kier alpha value is -1.03. The lowest BCUT2D eigenvalue weighted by molar-refractivity contribution is 0.329. The predicted octanol–water partition coefficient (Wildman–Crippen LogP) is 2.28. The Labute approximate surface area is 110 Å². The quantitative estimate of drug-likeness (QED) is 0.890. The molecule has 0 aromatic carbocycles. The highest BCUT2D eigenvalue weighted by Crippen LogP contribution is 2.22. The van der Waals surface area contributed by atoms with Gasteiger partial charge in [-0.25, -0.2) is 9.66 Å². The molecule has 4 nitrogen and oxygen atoms in total. The van der Waals surface area contributed by atoms with E-state index in [0.717, 1.165) is 6.54 Å².